The molecule has 0 spiro atoms. The van der Waals surface area contributed by atoms with Crippen LogP contribution in [0.2, 0.25) is 0 Å². The van der Waals surface area contributed by atoms with E-state index in [0.29, 0.717) is 19.8 Å². The number of piperidine rings is 1. The van der Waals surface area contributed by atoms with E-state index in [0.717, 1.165) is 60.9 Å². The number of unbranched alkanes of at least 4 members (excludes halogenated alkanes) is 1. The summed E-state index contributed by atoms with van der Waals surface area (Å²) in [5, 5.41) is 0. The van der Waals surface area contributed by atoms with Crippen molar-refractivity contribution in [2.45, 2.75) is 46.5 Å². The molecular formula is C29H39NO4. The van der Waals surface area contributed by atoms with Gasteiger partial charge in [0.05, 0.1) is 13.2 Å². The van der Waals surface area contributed by atoms with Crippen LogP contribution in [0, 0.1) is 5.92 Å². The summed E-state index contributed by atoms with van der Waals surface area (Å²) in [4.78, 5) is 14.4. The molecule has 184 valence electrons. The summed E-state index contributed by atoms with van der Waals surface area (Å²) in [7, 11) is 0. The number of benzene rings is 2. The molecule has 0 saturated carbocycles. The monoisotopic (exact) mass is 465 g/mol. The molecule has 0 aromatic heterocycles. The van der Waals surface area contributed by atoms with Crippen LogP contribution < -0.4 is 9.64 Å². The Morgan fingerprint density at radius 2 is 1.74 bits per heavy atom. The predicted octanol–water partition coefficient (Wildman–Crippen LogP) is 6.36. The van der Waals surface area contributed by atoms with Gasteiger partial charge in [0.1, 0.15) is 12.4 Å². The largest absolute Gasteiger partial charge is 0.491 e. The minimum atomic E-state index is -0.314. The average molecular weight is 466 g/mol. The van der Waals surface area contributed by atoms with Gasteiger partial charge in [-0.2, -0.15) is 0 Å². The lowest BCUT2D eigenvalue weighted by Crippen LogP contribution is -2.33. The molecule has 34 heavy (non-hydrogen) atoms. The highest BCUT2D eigenvalue weighted by Crippen LogP contribution is 2.32. The van der Waals surface area contributed by atoms with Crippen LogP contribution in [0.1, 0.15) is 52.0 Å². The van der Waals surface area contributed by atoms with Gasteiger partial charge < -0.3 is 19.1 Å². The summed E-state index contributed by atoms with van der Waals surface area (Å²) >= 11 is 0. The van der Waals surface area contributed by atoms with E-state index < -0.39 is 0 Å². The number of nitrogens with zero attached hydrogens (tertiary/aromatic N) is 1. The molecule has 5 heteroatoms. The van der Waals surface area contributed by atoms with E-state index in [4.69, 9.17) is 14.2 Å². The summed E-state index contributed by atoms with van der Waals surface area (Å²) < 4.78 is 16.4. The van der Waals surface area contributed by atoms with Crippen LogP contribution in [0.15, 0.2) is 48.5 Å². The van der Waals surface area contributed by atoms with Crippen LogP contribution >= 0.6 is 0 Å². The van der Waals surface area contributed by atoms with Gasteiger partial charge >= 0.3 is 5.97 Å². The van der Waals surface area contributed by atoms with Gasteiger partial charge in [0.15, 0.2) is 0 Å². The molecule has 0 N–H and O–H groups in total. The highest BCUT2D eigenvalue weighted by atomic mass is 16.5. The van der Waals surface area contributed by atoms with E-state index in [9.17, 15) is 4.79 Å². The van der Waals surface area contributed by atoms with Gasteiger partial charge in [-0.3, -0.25) is 0 Å². The Morgan fingerprint density at radius 1 is 1.00 bits per heavy atom. The fourth-order valence-electron chi connectivity index (χ4n) is 4.06. The molecule has 1 saturated heterocycles. The molecule has 1 heterocycles. The summed E-state index contributed by atoms with van der Waals surface area (Å²) in [6, 6.07) is 14.6. The van der Waals surface area contributed by atoms with Gasteiger partial charge in [-0.05, 0) is 79.1 Å². The van der Waals surface area contributed by atoms with Gasteiger partial charge in [0, 0.05) is 31.5 Å². The van der Waals surface area contributed by atoms with Crippen molar-refractivity contribution >= 4 is 17.7 Å². The van der Waals surface area contributed by atoms with Crippen LogP contribution in [-0.2, 0) is 14.3 Å². The zero-order valence-electron chi connectivity index (χ0n) is 20.9. The van der Waals surface area contributed by atoms with Crippen LogP contribution in [-0.4, -0.2) is 45.5 Å². The molecule has 3 rings (SSSR count). The number of esters is 1. The van der Waals surface area contributed by atoms with Crippen LogP contribution in [0.3, 0.4) is 0 Å². The van der Waals surface area contributed by atoms with Crippen molar-refractivity contribution in [2.75, 3.05) is 44.4 Å². The third-order valence-electron chi connectivity index (χ3n) is 6.16. The van der Waals surface area contributed by atoms with Gasteiger partial charge in [-0.1, -0.05) is 38.5 Å². The van der Waals surface area contributed by atoms with Crippen molar-refractivity contribution < 1.29 is 19.0 Å². The second-order valence-corrected chi connectivity index (χ2v) is 8.87. The van der Waals surface area contributed by atoms with Crippen molar-refractivity contribution in [3.05, 3.63) is 54.1 Å². The quantitative estimate of drug-likeness (QED) is 0.207. The number of hydrogen-bond donors (Lipinski definition) is 0. The molecule has 1 fully saturated rings. The van der Waals surface area contributed by atoms with Crippen molar-refractivity contribution in [1.29, 1.82) is 0 Å². The van der Waals surface area contributed by atoms with Gasteiger partial charge in [-0.15, -0.1) is 0 Å². The van der Waals surface area contributed by atoms with Crippen LogP contribution in [0.5, 0.6) is 5.75 Å². The Hall–Kier alpha value is -2.79. The molecule has 0 bridgehead atoms. The minimum Gasteiger partial charge on any atom is -0.491 e. The van der Waals surface area contributed by atoms with E-state index in [1.807, 2.05) is 25.1 Å². The first kappa shape index (κ1) is 25.8. The molecule has 0 unspecified atom stereocenters. The summed E-state index contributed by atoms with van der Waals surface area (Å²) in [5.74, 6) is 1.29. The Balaban J connectivity index is 1.72. The zero-order valence-corrected chi connectivity index (χ0v) is 20.9. The molecule has 0 aliphatic carbocycles. The average Bonchev–Trinajstić information content (AvgIpc) is 2.86. The fraction of sp³-hybridized carbons (Fsp3) is 0.483. The first-order valence-corrected chi connectivity index (χ1v) is 12.7. The normalized spacial score (nSPS) is 14.5. The van der Waals surface area contributed by atoms with Crippen molar-refractivity contribution in [2.24, 2.45) is 5.92 Å². The number of hydrogen-bond acceptors (Lipinski definition) is 5. The van der Waals surface area contributed by atoms with Crippen molar-refractivity contribution in [3.8, 4) is 16.9 Å². The molecule has 1 aliphatic heterocycles. The first-order valence-electron chi connectivity index (χ1n) is 12.7. The molecule has 5 nitrogen and oxygen atoms in total. The molecule has 0 amide bonds. The van der Waals surface area contributed by atoms with Crippen LogP contribution in [0.25, 0.3) is 17.2 Å². The molecular weight excluding hydrogens is 426 g/mol. The summed E-state index contributed by atoms with van der Waals surface area (Å²) in [6.07, 6.45) is 8.01. The molecule has 0 radical (unpaired) electrons. The van der Waals surface area contributed by atoms with Gasteiger partial charge in [0.25, 0.3) is 0 Å². The second kappa shape index (κ2) is 13.8. The van der Waals surface area contributed by atoms with Gasteiger partial charge in [0.2, 0.25) is 0 Å². The lowest BCUT2D eigenvalue weighted by Gasteiger charge is -2.33. The predicted molar refractivity (Wildman–Crippen MR) is 139 cm³/mol. The fourth-order valence-corrected chi connectivity index (χ4v) is 4.06. The number of carbonyl (C=O) groups is 1. The maximum Gasteiger partial charge on any atom is 0.330 e. The van der Waals surface area contributed by atoms with E-state index >= 15 is 0 Å². The van der Waals surface area contributed by atoms with Gasteiger partial charge in [-0.25, -0.2) is 4.79 Å². The Labute approximate surface area is 204 Å². The maximum absolute atomic E-state index is 12.0. The van der Waals surface area contributed by atoms with Crippen molar-refractivity contribution in [3.63, 3.8) is 0 Å². The van der Waals surface area contributed by atoms with E-state index in [-0.39, 0.29) is 5.97 Å². The SMILES string of the molecule is CCCCOCCOc1ccc(-c2ccc(N3CCC(C)CC3)c(/C=C/C(=O)OCC)c2)cc1. The molecule has 1 aliphatic rings. The third-order valence-corrected chi connectivity index (χ3v) is 6.16. The van der Waals surface area contributed by atoms with Crippen LogP contribution in [0.4, 0.5) is 5.69 Å². The Bertz CT molecular complexity index is 914. The third kappa shape index (κ3) is 7.91. The first-order chi connectivity index (χ1) is 16.6. The standard InChI is InChI=1S/C29H39NO4/c1-4-6-19-32-20-21-34-27-11-7-24(8-12-27)25-9-13-28(30-17-15-23(3)16-18-30)26(22-25)10-14-29(31)33-5-2/h7-14,22-23H,4-6,15-21H2,1-3H3/b14-10+. The second-order valence-electron chi connectivity index (χ2n) is 8.87. The summed E-state index contributed by atoms with van der Waals surface area (Å²) in [6.45, 7) is 10.7. The zero-order chi connectivity index (χ0) is 24.2. The Morgan fingerprint density at radius 3 is 2.44 bits per heavy atom. The highest BCUT2D eigenvalue weighted by Gasteiger charge is 2.18. The molecule has 2 aromatic rings. The number of rotatable bonds is 12. The Kier molecular flexibility index (Phi) is 10.5. The lowest BCUT2D eigenvalue weighted by atomic mass is 9.96. The molecule has 2 aromatic carbocycles. The van der Waals surface area contributed by atoms with E-state index in [1.54, 1.807) is 0 Å². The van der Waals surface area contributed by atoms with E-state index in [1.165, 1.54) is 24.6 Å². The summed E-state index contributed by atoms with van der Waals surface area (Å²) in [5.41, 5.74) is 4.41. The minimum absolute atomic E-state index is 0.314. The maximum atomic E-state index is 12.0. The van der Waals surface area contributed by atoms with E-state index in [2.05, 4.69) is 49.1 Å². The van der Waals surface area contributed by atoms with Crippen molar-refractivity contribution in [1.82, 2.24) is 0 Å². The topological polar surface area (TPSA) is 48.0 Å². The smallest absolute Gasteiger partial charge is 0.330 e. The number of carbonyl (C=O) groups excluding carboxylic acids is 1. The lowest BCUT2D eigenvalue weighted by molar-refractivity contribution is -0.137. The molecule has 0 atom stereocenters. The highest BCUT2D eigenvalue weighted by molar-refractivity contribution is 5.89. The number of ether oxygens (including phenoxy) is 3. The number of anilines is 1.